The molecule has 1 atom stereocenters. The molecule has 0 radical (unpaired) electrons. The SMILES string of the molecule is Cc1ncc(CC(C)C(=O)O)cc1Cl. The molecule has 0 aliphatic carbocycles. The van der Waals surface area contributed by atoms with Crippen molar-refractivity contribution in [3.63, 3.8) is 0 Å². The summed E-state index contributed by atoms with van der Waals surface area (Å²) in [6, 6.07) is 1.77. The van der Waals surface area contributed by atoms with E-state index in [1.165, 1.54) is 0 Å². The zero-order chi connectivity index (χ0) is 10.7. The van der Waals surface area contributed by atoms with Crippen LogP contribution in [0, 0.1) is 12.8 Å². The highest BCUT2D eigenvalue weighted by molar-refractivity contribution is 6.31. The summed E-state index contributed by atoms with van der Waals surface area (Å²) in [4.78, 5) is 14.7. The molecule has 3 nitrogen and oxygen atoms in total. The smallest absolute Gasteiger partial charge is 0.306 e. The van der Waals surface area contributed by atoms with Crippen molar-refractivity contribution in [3.05, 3.63) is 28.5 Å². The van der Waals surface area contributed by atoms with E-state index in [0.717, 1.165) is 11.3 Å². The maximum Gasteiger partial charge on any atom is 0.306 e. The van der Waals surface area contributed by atoms with Gasteiger partial charge in [0.25, 0.3) is 0 Å². The molecule has 0 bridgehead atoms. The Morgan fingerprint density at radius 1 is 1.71 bits per heavy atom. The van der Waals surface area contributed by atoms with Crippen molar-refractivity contribution in [1.82, 2.24) is 4.98 Å². The molecule has 0 amide bonds. The number of pyridine rings is 1. The van der Waals surface area contributed by atoms with Gasteiger partial charge in [-0.05, 0) is 25.0 Å². The lowest BCUT2D eigenvalue weighted by atomic mass is 10.0. The Bertz CT molecular complexity index is 352. The Balaban J connectivity index is 2.78. The molecule has 0 saturated carbocycles. The molecule has 4 heteroatoms. The third kappa shape index (κ3) is 2.70. The van der Waals surface area contributed by atoms with Crippen LogP contribution in [0.15, 0.2) is 12.3 Å². The van der Waals surface area contributed by atoms with E-state index < -0.39 is 11.9 Å². The highest BCUT2D eigenvalue weighted by Crippen LogP contribution is 2.16. The van der Waals surface area contributed by atoms with Crippen LogP contribution in [0.4, 0.5) is 0 Å². The maximum absolute atomic E-state index is 10.6. The molecule has 0 aromatic carbocycles. The van der Waals surface area contributed by atoms with Gasteiger partial charge in [-0.3, -0.25) is 9.78 Å². The molecule has 1 unspecified atom stereocenters. The Morgan fingerprint density at radius 2 is 2.36 bits per heavy atom. The number of hydrogen-bond acceptors (Lipinski definition) is 2. The number of halogens is 1. The van der Waals surface area contributed by atoms with Gasteiger partial charge in [0.15, 0.2) is 0 Å². The van der Waals surface area contributed by atoms with E-state index in [-0.39, 0.29) is 0 Å². The van der Waals surface area contributed by atoms with Crippen molar-refractivity contribution in [3.8, 4) is 0 Å². The molecule has 1 aromatic rings. The largest absolute Gasteiger partial charge is 0.481 e. The van der Waals surface area contributed by atoms with Gasteiger partial charge in [-0.1, -0.05) is 18.5 Å². The average molecular weight is 214 g/mol. The first-order chi connectivity index (χ1) is 6.50. The molecular formula is C10H12ClNO2. The zero-order valence-corrected chi connectivity index (χ0v) is 8.88. The molecule has 14 heavy (non-hydrogen) atoms. The molecular weight excluding hydrogens is 202 g/mol. The molecule has 0 aliphatic heterocycles. The lowest BCUT2D eigenvalue weighted by Crippen LogP contribution is -2.12. The summed E-state index contributed by atoms with van der Waals surface area (Å²) >= 11 is 5.87. The fraction of sp³-hybridized carbons (Fsp3) is 0.400. The van der Waals surface area contributed by atoms with Crippen molar-refractivity contribution < 1.29 is 9.90 Å². The number of aryl methyl sites for hydroxylation is 1. The van der Waals surface area contributed by atoms with Gasteiger partial charge >= 0.3 is 5.97 Å². The first-order valence-electron chi connectivity index (χ1n) is 4.34. The minimum atomic E-state index is -0.804. The van der Waals surface area contributed by atoms with E-state index in [1.54, 1.807) is 19.2 Å². The van der Waals surface area contributed by atoms with Crippen molar-refractivity contribution >= 4 is 17.6 Å². The van der Waals surface area contributed by atoms with E-state index >= 15 is 0 Å². The number of aliphatic carboxylic acids is 1. The normalized spacial score (nSPS) is 12.5. The van der Waals surface area contributed by atoms with Crippen LogP contribution in [0.5, 0.6) is 0 Å². The van der Waals surface area contributed by atoms with Crippen molar-refractivity contribution in [1.29, 1.82) is 0 Å². The number of hydrogen-bond donors (Lipinski definition) is 1. The average Bonchev–Trinajstić information content (AvgIpc) is 2.11. The van der Waals surface area contributed by atoms with Crippen LogP contribution in [0.3, 0.4) is 0 Å². The Labute approximate surface area is 87.7 Å². The second-order valence-corrected chi connectivity index (χ2v) is 3.76. The number of carboxylic acids is 1. The lowest BCUT2D eigenvalue weighted by molar-refractivity contribution is -0.141. The fourth-order valence-corrected chi connectivity index (χ4v) is 1.29. The van der Waals surface area contributed by atoms with Crippen LogP contribution in [-0.2, 0) is 11.2 Å². The van der Waals surface area contributed by atoms with E-state index in [1.807, 2.05) is 6.92 Å². The van der Waals surface area contributed by atoms with Crippen LogP contribution >= 0.6 is 11.6 Å². The molecule has 0 aliphatic rings. The van der Waals surface area contributed by atoms with Crippen molar-refractivity contribution in [2.45, 2.75) is 20.3 Å². The Kier molecular flexibility index (Phi) is 3.47. The van der Waals surface area contributed by atoms with Crippen molar-refractivity contribution in [2.75, 3.05) is 0 Å². The second-order valence-electron chi connectivity index (χ2n) is 3.35. The Hall–Kier alpha value is -1.09. The monoisotopic (exact) mass is 213 g/mol. The van der Waals surface area contributed by atoms with E-state index in [9.17, 15) is 4.79 Å². The summed E-state index contributed by atoms with van der Waals surface area (Å²) in [6.45, 7) is 3.48. The first kappa shape index (κ1) is 11.0. The number of carboxylic acid groups (broad SMARTS) is 1. The minimum absolute atomic E-state index is 0.407. The number of carbonyl (C=O) groups is 1. The molecule has 1 aromatic heterocycles. The molecule has 1 heterocycles. The molecule has 0 saturated heterocycles. The van der Waals surface area contributed by atoms with Gasteiger partial charge in [-0.25, -0.2) is 0 Å². The van der Waals surface area contributed by atoms with Gasteiger partial charge in [-0.15, -0.1) is 0 Å². The fourth-order valence-electron chi connectivity index (χ4n) is 1.10. The van der Waals surface area contributed by atoms with Crippen LogP contribution in [0.25, 0.3) is 0 Å². The van der Waals surface area contributed by atoms with Gasteiger partial charge in [0.1, 0.15) is 0 Å². The minimum Gasteiger partial charge on any atom is -0.481 e. The van der Waals surface area contributed by atoms with Crippen LogP contribution in [0.2, 0.25) is 5.02 Å². The zero-order valence-electron chi connectivity index (χ0n) is 8.12. The molecule has 0 fully saturated rings. The van der Waals surface area contributed by atoms with Gasteiger partial charge in [0.05, 0.1) is 16.6 Å². The standard InChI is InChI=1S/C10H12ClNO2/c1-6(10(13)14)3-8-4-9(11)7(2)12-5-8/h4-6H,3H2,1-2H3,(H,13,14). The Morgan fingerprint density at radius 3 is 2.86 bits per heavy atom. The second kappa shape index (κ2) is 4.42. The summed E-state index contributed by atoms with van der Waals surface area (Å²) in [5.74, 6) is -1.21. The van der Waals surface area contributed by atoms with Gasteiger partial charge in [0, 0.05) is 6.20 Å². The number of aromatic nitrogens is 1. The highest BCUT2D eigenvalue weighted by atomic mass is 35.5. The van der Waals surface area contributed by atoms with Crippen LogP contribution in [-0.4, -0.2) is 16.1 Å². The van der Waals surface area contributed by atoms with Gasteiger partial charge in [0.2, 0.25) is 0 Å². The van der Waals surface area contributed by atoms with Gasteiger partial charge in [-0.2, -0.15) is 0 Å². The third-order valence-corrected chi connectivity index (χ3v) is 2.43. The molecule has 1 N–H and O–H groups in total. The van der Waals surface area contributed by atoms with Crippen molar-refractivity contribution in [2.24, 2.45) is 5.92 Å². The maximum atomic E-state index is 10.6. The molecule has 76 valence electrons. The summed E-state index contributed by atoms with van der Waals surface area (Å²) in [5.41, 5.74) is 1.62. The summed E-state index contributed by atoms with van der Waals surface area (Å²) < 4.78 is 0. The van der Waals surface area contributed by atoms with E-state index in [4.69, 9.17) is 16.7 Å². The van der Waals surface area contributed by atoms with E-state index in [2.05, 4.69) is 4.98 Å². The highest BCUT2D eigenvalue weighted by Gasteiger charge is 2.12. The topological polar surface area (TPSA) is 50.2 Å². The third-order valence-electron chi connectivity index (χ3n) is 2.05. The lowest BCUT2D eigenvalue weighted by Gasteiger charge is -2.06. The summed E-state index contributed by atoms with van der Waals surface area (Å²) in [7, 11) is 0. The predicted molar refractivity (Wildman–Crippen MR) is 54.5 cm³/mol. The molecule has 0 spiro atoms. The molecule has 1 rings (SSSR count). The van der Waals surface area contributed by atoms with E-state index in [0.29, 0.717) is 11.4 Å². The van der Waals surface area contributed by atoms with Crippen LogP contribution < -0.4 is 0 Å². The summed E-state index contributed by atoms with van der Waals surface area (Å²) in [5, 5.41) is 9.30. The summed E-state index contributed by atoms with van der Waals surface area (Å²) in [6.07, 6.45) is 2.13. The van der Waals surface area contributed by atoms with Crippen LogP contribution in [0.1, 0.15) is 18.2 Å². The number of rotatable bonds is 3. The number of nitrogens with zero attached hydrogens (tertiary/aromatic N) is 1. The quantitative estimate of drug-likeness (QED) is 0.838. The first-order valence-corrected chi connectivity index (χ1v) is 4.72. The predicted octanol–water partition coefficient (Wildman–Crippen LogP) is 2.31. The van der Waals surface area contributed by atoms with Gasteiger partial charge < -0.3 is 5.11 Å².